The van der Waals surface area contributed by atoms with E-state index in [1.54, 1.807) is 5.57 Å². The second-order valence-electron chi connectivity index (χ2n) is 9.35. The molecule has 0 amide bonds. The van der Waals surface area contributed by atoms with E-state index in [1.165, 1.54) is 25.7 Å². The highest BCUT2D eigenvalue weighted by molar-refractivity contribution is 5.25. The standard InChI is InChI=1S/C20H31FO/c1-12-6-8-19(2)13(10-12)4-5-14-15(19)7-9-20(3)16(14)11-17(21)18(20)22/h4,12,14-18,22H,5-11H2,1-3H3/t12-,14+,15-,16-,17+,18-,19-,20-/m0/s1. The zero-order valence-corrected chi connectivity index (χ0v) is 14.3. The van der Waals surface area contributed by atoms with Crippen LogP contribution in [0.3, 0.4) is 0 Å². The molecule has 1 N–H and O–H groups in total. The molecule has 124 valence electrons. The molecule has 0 aromatic carbocycles. The minimum absolute atomic E-state index is 0.176. The maximum absolute atomic E-state index is 14.2. The van der Waals surface area contributed by atoms with Crippen molar-refractivity contribution in [1.82, 2.24) is 0 Å². The number of rotatable bonds is 0. The fourth-order valence-electron chi connectivity index (χ4n) is 6.79. The van der Waals surface area contributed by atoms with Gasteiger partial charge in [-0.05, 0) is 79.4 Å². The molecule has 0 saturated heterocycles. The molecule has 0 radical (unpaired) electrons. The maximum atomic E-state index is 14.2. The average molecular weight is 306 g/mol. The van der Waals surface area contributed by atoms with Crippen molar-refractivity contribution >= 4 is 0 Å². The van der Waals surface area contributed by atoms with Crippen LogP contribution in [0.2, 0.25) is 0 Å². The van der Waals surface area contributed by atoms with E-state index in [0.29, 0.717) is 23.7 Å². The summed E-state index contributed by atoms with van der Waals surface area (Å²) in [6, 6.07) is 0. The number of hydrogen-bond acceptors (Lipinski definition) is 1. The lowest BCUT2D eigenvalue weighted by Gasteiger charge is -2.57. The SMILES string of the molecule is C[C@H]1CC[C@@]2(C)C(=CC[C@H]3[C@@H]4C[C@@H](F)[C@H](O)[C@@]4(C)CC[C@@H]32)C1. The van der Waals surface area contributed by atoms with Gasteiger partial charge in [-0.15, -0.1) is 0 Å². The van der Waals surface area contributed by atoms with Gasteiger partial charge in [0.2, 0.25) is 0 Å². The van der Waals surface area contributed by atoms with Crippen molar-refractivity contribution in [3.05, 3.63) is 11.6 Å². The smallest absolute Gasteiger partial charge is 0.127 e. The van der Waals surface area contributed by atoms with E-state index in [2.05, 4.69) is 26.8 Å². The molecule has 0 aliphatic heterocycles. The lowest BCUT2D eigenvalue weighted by Crippen LogP contribution is -2.50. The molecule has 1 nitrogen and oxygen atoms in total. The molecule has 0 aromatic heterocycles. The van der Waals surface area contributed by atoms with Gasteiger partial charge in [-0.1, -0.05) is 32.4 Å². The Kier molecular flexibility index (Phi) is 3.32. The molecule has 4 aliphatic carbocycles. The summed E-state index contributed by atoms with van der Waals surface area (Å²) in [4.78, 5) is 0. The van der Waals surface area contributed by atoms with E-state index in [9.17, 15) is 9.50 Å². The molecule has 4 aliphatic rings. The third-order valence-electron chi connectivity index (χ3n) is 8.29. The zero-order chi connectivity index (χ0) is 15.7. The van der Waals surface area contributed by atoms with Gasteiger partial charge >= 0.3 is 0 Å². The summed E-state index contributed by atoms with van der Waals surface area (Å²) in [5, 5.41) is 10.4. The normalized spacial score (nSPS) is 57.6. The van der Waals surface area contributed by atoms with Crippen molar-refractivity contribution in [3.8, 4) is 0 Å². The number of fused-ring (bicyclic) bond motifs is 5. The van der Waals surface area contributed by atoms with Crippen LogP contribution in [0, 0.1) is 34.5 Å². The van der Waals surface area contributed by atoms with Crippen LogP contribution in [-0.4, -0.2) is 17.4 Å². The number of allylic oxidation sites excluding steroid dienone is 2. The van der Waals surface area contributed by atoms with Gasteiger partial charge in [-0.25, -0.2) is 4.39 Å². The van der Waals surface area contributed by atoms with Crippen LogP contribution in [-0.2, 0) is 0 Å². The van der Waals surface area contributed by atoms with Gasteiger partial charge in [0.15, 0.2) is 0 Å². The molecular weight excluding hydrogens is 275 g/mol. The molecule has 0 spiro atoms. The highest BCUT2D eigenvalue weighted by atomic mass is 19.1. The summed E-state index contributed by atoms with van der Waals surface area (Å²) in [6.07, 6.45) is 8.62. The van der Waals surface area contributed by atoms with Gasteiger partial charge in [-0.3, -0.25) is 0 Å². The largest absolute Gasteiger partial charge is 0.390 e. The molecule has 0 aromatic rings. The van der Waals surface area contributed by atoms with E-state index in [0.717, 1.165) is 24.7 Å². The van der Waals surface area contributed by atoms with Crippen LogP contribution >= 0.6 is 0 Å². The number of aliphatic hydroxyl groups is 1. The Balaban J connectivity index is 1.68. The first-order chi connectivity index (χ1) is 10.4. The van der Waals surface area contributed by atoms with Crippen LogP contribution in [0.4, 0.5) is 4.39 Å². The highest BCUT2D eigenvalue weighted by Gasteiger charge is 2.61. The van der Waals surface area contributed by atoms with Gasteiger partial charge in [0.25, 0.3) is 0 Å². The van der Waals surface area contributed by atoms with E-state index < -0.39 is 12.3 Å². The van der Waals surface area contributed by atoms with Crippen molar-refractivity contribution in [2.75, 3.05) is 0 Å². The topological polar surface area (TPSA) is 20.2 Å². The number of halogens is 1. The Bertz CT molecular complexity index is 500. The molecule has 0 bridgehead atoms. The average Bonchev–Trinajstić information content (AvgIpc) is 2.72. The molecule has 0 heterocycles. The van der Waals surface area contributed by atoms with Crippen LogP contribution in [0.25, 0.3) is 0 Å². The molecule has 22 heavy (non-hydrogen) atoms. The first-order valence-corrected chi connectivity index (χ1v) is 9.38. The number of aliphatic hydroxyl groups excluding tert-OH is 1. The highest BCUT2D eigenvalue weighted by Crippen LogP contribution is 2.65. The van der Waals surface area contributed by atoms with Crippen molar-refractivity contribution in [1.29, 1.82) is 0 Å². The van der Waals surface area contributed by atoms with Crippen LogP contribution in [0.1, 0.15) is 65.7 Å². The van der Waals surface area contributed by atoms with Gasteiger partial charge in [0, 0.05) is 0 Å². The van der Waals surface area contributed by atoms with Crippen LogP contribution in [0.15, 0.2) is 11.6 Å². The summed E-state index contributed by atoms with van der Waals surface area (Å²) in [7, 11) is 0. The van der Waals surface area contributed by atoms with E-state index in [4.69, 9.17) is 0 Å². The molecule has 3 fully saturated rings. The quantitative estimate of drug-likeness (QED) is 0.631. The van der Waals surface area contributed by atoms with E-state index in [1.807, 2.05) is 0 Å². The fraction of sp³-hybridized carbons (Fsp3) is 0.900. The zero-order valence-electron chi connectivity index (χ0n) is 14.3. The van der Waals surface area contributed by atoms with E-state index >= 15 is 0 Å². The number of alkyl halides is 1. The Morgan fingerprint density at radius 1 is 1.18 bits per heavy atom. The Morgan fingerprint density at radius 3 is 2.73 bits per heavy atom. The van der Waals surface area contributed by atoms with Gasteiger partial charge < -0.3 is 5.11 Å². The summed E-state index contributed by atoms with van der Waals surface area (Å²) < 4.78 is 14.2. The first kappa shape index (κ1) is 15.2. The lowest BCUT2D eigenvalue weighted by molar-refractivity contribution is -0.0734. The van der Waals surface area contributed by atoms with Gasteiger partial charge in [-0.2, -0.15) is 0 Å². The minimum atomic E-state index is -1.00. The summed E-state index contributed by atoms with van der Waals surface area (Å²) in [5.41, 5.74) is 1.88. The summed E-state index contributed by atoms with van der Waals surface area (Å²) >= 11 is 0. The first-order valence-electron chi connectivity index (χ1n) is 9.38. The van der Waals surface area contributed by atoms with Gasteiger partial charge in [0.05, 0.1) is 6.10 Å². The third-order valence-corrected chi connectivity index (χ3v) is 8.29. The van der Waals surface area contributed by atoms with Crippen molar-refractivity contribution in [3.63, 3.8) is 0 Å². The molecular formula is C20H31FO. The molecule has 4 rings (SSSR count). The molecule has 0 unspecified atom stereocenters. The minimum Gasteiger partial charge on any atom is -0.390 e. The molecule has 2 heteroatoms. The van der Waals surface area contributed by atoms with Gasteiger partial charge in [0.1, 0.15) is 6.17 Å². The third kappa shape index (κ3) is 1.85. The lowest BCUT2D eigenvalue weighted by atomic mass is 9.47. The second kappa shape index (κ2) is 4.82. The van der Waals surface area contributed by atoms with Crippen molar-refractivity contribution in [2.45, 2.75) is 78.0 Å². The molecule has 3 saturated carbocycles. The van der Waals surface area contributed by atoms with Crippen LogP contribution in [0.5, 0.6) is 0 Å². The monoisotopic (exact) mass is 306 g/mol. The molecule has 8 atom stereocenters. The Morgan fingerprint density at radius 2 is 1.95 bits per heavy atom. The van der Waals surface area contributed by atoms with Crippen LogP contribution < -0.4 is 0 Å². The summed E-state index contributed by atoms with van der Waals surface area (Å²) in [6.45, 7) is 7.02. The predicted molar refractivity (Wildman–Crippen MR) is 87.2 cm³/mol. The van der Waals surface area contributed by atoms with Crippen molar-refractivity contribution < 1.29 is 9.50 Å². The fourth-order valence-corrected chi connectivity index (χ4v) is 6.79. The Labute approximate surface area is 134 Å². The van der Waals surface area contributed by atoms with E-state index in [-0.39, 0.29) is 5.41 Å². The predicted octanol–water partition coefficient (Wildman–Crippen LogP) is 4.89. The summed E-state index contributed by atoms with van der Waals surface area (Å²) in [5.74, 6) is 2.52. The Hall–Kier alpha value is -0.370. The maximum Gasteiger partial charge on any atom is 0.127 e. The second-order valence-corrected chi connectivity index (χ2v) is 9.35. The van der Waals surface area contributed by atoms with Crippen molar-refractivity contribution in [2.24, 2.45) is 34.5 Å². The number of hydrogen-bond donors (Lipinski definition) is 1.